The molecule has 4 nitrogen and oxygen atoms in total. The van der Waals surface area contributed by atoms with Gasteiger partial charge >= 0.3 is 0 Å². The summed E-state index contributed by atoms with van der Waals surface area (Å²) in [5.74, 6) is -2.79. The van der Waals surface area contributed by atoms with Gasteiger partial charge in [-0.25, -0.2) is 8.78 Å². The van der Waals surface area contributed by atoms with Crippen molar-refractivity contribution in [1.29, 1.82) is 0 Å². The van der Waals surface area contributed by atoms with Gasteiger partial charge < -0.3 is 11.1 Å². The van der Waals surface area contributed by atoms with Crippen LogP contribution in [0.2, 0.25) is 0 Å². The van der Waals surface area contributed by atoms with Crippen molar-refractivity contribution in [2.75, 3.05) is 5.32 Å². The smallest absolute Gasteiger partial charge is 0.241 e. The fourth-order valence-electron chi connectivity index (χ4n) is 3.01. The predicted molar refractivity (Wildman–Crippen MR) is 93.1 cm³/mol. The first-order chi connectivity index (χ1) is 11.8. The first-order valence-electron chi connectivity index (χ1n) is 8.02. The Bertz CT molecular complexity index is 841. The summed E-state index contributed by atoms with van der Waals surface area (Å²) >= 11 is 1.28. The Hall–Kier alpha value is -2.12. The molecule has 1 amide bonds. The molecule has 0 radical (unpaired) electrons. The second-order valence-corrected chi connectivity index (χ2v) is 7.34. The average molecular weight is 364 g/mol. The molecule has 1 aromatic heterocycles. The van der Waals surface area contributed by atoms with Crippen molar-refractivity contribution >= 4 is 28.0 Å². The molecule has 1 aromatic carbocycles. The number of nitrogens with two attached hydrogens (primary N) is 1. The van der Waals surface area contributed by atoms with Gasteiger partial charge in [-0.3, -0.25) is 9.59 Å². The largest absolute Gasteiger partial charge is 0.320 e. The van der Waals surface area contributed by atoms with E-state index in [1.165, 1.54) is 24.3 Å². The van der Waals surface area contributed by atoms with Gasteiger partial charge in [-0.15, -0.1) is 11.3 Å². The third kappa shape index (κ3) is 3.09. The maximum atomic E-state index is 14.1. The summed E-state index contributed by atoms with van der Waals surface area (Å²) in [6.07, 6.45) is 1.50. The highest BCUT2D eigenvalue weighted by atomic mass is 32.1. The van der Waals surface area contributed by atoms with Crippen LogP contribution >= 0.6 is 11.3 Å². The van der Waals surface area contributed by atoms with Crippen molar-refractivity contribution in [3.63, 3.8) is 0 Å². The maximum Gasteiger partial charge on any atom is 0.241 e. The lowest BCUT2D eigenvalue weighted by molar-refractivity contribution is -0.117. The van der Waals surface area contributed by atoms with Crippen LogP contribution in [0.15, 0.2) is 18.2 Å². The van der Waals surface area contributed by atoms with Gasteiger partial charge in [0.15, 0.2) is 0 Å². The Morgan fingerprint density at radius 1 is 1.28 bits per heavy atom. The molecule has 2 aromatic rings. The van der Waals surface area contributed by atoms with Crippen LogP contribution in [0.4, 0.5) is 13.8 Å². The lowest BCUT2D eigenvalue weighted by Gasteiger charge is -2.10. The molecule has 1 heterocycles. The summed E-state index contributed by atoms with van der Waals surface area (Å²) in [6.45, 7) is 3.55. The minimum absolute atomic E-state index is 0.183. The highest BCUT2D eigenvalue weighted by Crippen LogP contribution is 2.45. The van der Waals surface area contributed by atoms with Crippen LogP contribution in [0.25, 0.3) is 0 Å². The highest BCUT2D eigenvalue weighted by Gasteiger charge is 2.33. The fraction of sp³-hybridized carbons (Fsp3) is 0.333. The number of nitrogens with one attached hydrogen (secondary N) is 1. The summed E-state index contributed by atoms with van der Waals surface area (Å²) in [6, 6.07) is 2.54. The van der Waals surface area contributed by atoms with E-state index in [2.05, 4.69) is 5.32 Å². The molecule has 2 atom stereocenters. The second kappa shape index (κ2) is 6.65. The molecule has 3 rings (SSSR count). The predicted octanol–water partition coefficient (Wildman–Crippen LogP) is 3.59. The van der Waals surface area contributed by atoms with E-state index in [0.29, 0.717) is 11.4 Å². The van der Waals surface area contributed by atoms with Crippen LogP contribution in [-0.2, 0) is 11.2 Å². The summed E-state index contributed by atoms with van der Waals surface area (Å²) in [5.41, 5.74) is 5.93. The van der Waals surface area contributed by atoms with Crippen LogP contribution in [0.5, 0.6) is 0 Å². The SMILES string of the molecule is CC1CCc2c1sc(NC(=O)[C@H](C)N)c2C(=O)c1c(F)cccc1F. The first-order valence-corrected chi connectivity index (χ1v) is 8.83. The zero-order valence-corrected chi connectivity index (χ0v) is 14.7. The van der Waals surface area contributed by atoms with Crippen molar-refractivity contribution < 1.29 is 18.4 Å². The number of halogens is 2. The molecule has 0 saturated carbocycles. The zero-order chi connectivity index (χ0) is 18.3. The van der Waals surface area contributed by atoms with Gasteiger partial charge in [0.1, 0.15) is 16.6 Å². The standard InChI is InChI=1S/C18H18F2N2O2S/c1-8-6-7-10-13(15(23)14-11(19)4-3-5-12(14)20)18(25-16(8)10)22-17(24)9(2)21/h3-5,8-9H,6-7,21H2,1-2H3,(H,22,24)/t8?,9-/m0/s1. The van der Waals surface area contributed by atoms with Crippen molar-refractivity contribution in [1.82, 2.24) is 0 Å². The van der Waals surface area contributed by atoms with Crippen molar-refractivity contribution in [2.45, 2.75) is 38.6 Å². The van der Waals surface area contributed by atoms with Crippen LogP contribution in [0.1, 0.15) is 52.5 Å². The number of carbonyl (C=O) groups excluding carboxylic acids is 2. The lowest BCUT2D eigenvalue weighted by atomic mass is 9.99. The number of hydrogen-bond acceptors (Lipinski definition) is 4. The number of rotatable bonds is 4. The van der Waals surface area contributed by atoms with Crippen LogP contribution in [-0.4, -0.2) is 17.7 Å². The number of thiophene rings is 1. The van der Waals surface area contributed by atoms with E-state index in [4.69, 9.17) is 5.73 Å². The highest BCUT2D eigenvalue weighted by molar-refractivity contribution is 7.17. The van der Waals surface area contributed by atoms with Crippen LogP contribution in [0.3, 0.4) is 0 Å². The summed E-state index contributed by atoms with van der Waals surface area (Å²) < 4.78 is 28.2. The van der Waals surface area contributed by atoms with Gasteiger partial charge in [0.25, 0.3) is 0 Å². The van der Waals surface area contributed by atoms with Gasteiger partial charge in [0.2, 0.25) is 11.7 Å². The number of ketones is 1. The molecule has 0 aliphatic heterocycles. The Balaban J connectivity index is 2.12. The fourth-order valence-corrected chi connectivity index (χ4v) is 4.35. The number of benzene rings is 1. The minimum atomic E-state index is -0.916. The van der Waals surface area contributed by atoms with Gasteiger partial charge in [-0.2, -0.15) is 0 Å². The number of fused-ring (bicyclic) bond motifs is 1. The van der Waals surface area contributed by atoms with E-state index in [1.807, 2.05) is 6.92 Å². The minimum Gasteiger partial charge on any atom is -0.320 e. The van der Waals surface area contributed by atoms with E-state index >= 15 is 0 Å². The molecule has 0 bridgehead atoms. The second-order valence-electron chi connectivity index (χ2n) is 6.29. The topological polar surface area (TPSA) is 72.2 Å². The molecule has 7 heteroatoms. The molecule has 0 spiro atoms. The molecule has 0 saturated heterocycles. The van der Waals surface area contributed by atoms with Crippen molar-refractivity contribution in [3.8, 4) is 0 Å². The van der Waals surface area contributed by atoms with Crippen LogP contribution in [0, 0.1) is 11.6 Å². The number of amides is 1. The molecular weight excluding hydrogens is 346 g/mol. The van der Waals surface area contributed by atoms with Gasteiger partial charge in [0, 0.05) is 4.88 Å². The Kier molecular flexibility index (Phi) is 4.71. The summed E-state index contributed by atoms with van der Waals surface area (Å²) in [7, 11) is 0. The zero-order valence-electron chi connectivity index (χ0n) is 13.9. The quantitative estimate of drug-likeness (QED) is 0.815. The van der Waals surface area contributed by atoms with E-state index in [9.17, 15) is 18.4 Å². The summed E-state index contributed by atoms with van der Waals surface area (Å²) in [4.78, 5) is 25.9. The van der Waals surface area contributed by atoms with Crippen molar-refractivity contribution in [3.05, 3.63) is 51.4 Å². The van der Waals surface area contributed by atoms with E-state index in [0.717, 1.165) is 29.0 Å². The van der Waals surface area contributed by atoms with Gasteiger partial charge in [0.05, 0.1) is 17.2 Å². The normalized spacial score (nSPS) is 17.2. The maximum absolute atomic E-state index is 14.1. The van der Waals surface area contributed by atoms with E-state index < -0.39 is 34.9 Å². The Morgan fingerprint density at radius 2 is 1.92 bits per heavy atom. The lowest BCUT2D eigenvalue weighted by Crippen LogP contribution is -2.32. The van der Waals surface area contributed by atoms with Crippen LogP contribution < -0.4 is 11.1 Å². The molecule has 132 valence electrons. The third-order valence-electron chi connectivity index (χ3n) is 4.38. The molecular formula is C18H18F2N2O2S. The first kappa shape index (κ1) is 17.7. The molecule has 25 heavy (non-hydrogen) atoms. The molecule has 1 unspecified atom stereocenters. The molecule has 0 fully saturated rings. The monoisotopic (exact) mass is 364 g/mol. The molecule has 1 aliphatic rings. The summed E-state index contributed by atoms with van der Waals surface area (Å²) in [5, 5.41) is 2.95. The third-order valence-corrected chi connectivity index (χ3v) is 5.76. The Labute approximate surface area is 148 Å². The van der Waals surface area contributed by atoms with Gasteiger partial charge in [-0.1, -0.05) is 13.0 Å². The van der Waals surface area contributed by atoms with Crippen molar-refractivity contribution in [2.24, 2.45) is 5.73 Å². The molecule has 1 aliphatic carbocycles. The molecule has 3 N–H and O–H groups in total. The average Bonchev–Trinajstić information content (AvgIpc) is 3.06. The van der Waals surface area contributed by atoms with Gasteiger partial charge in [-0.05, 0) is 43.4 Å². The van der Waals surface area contributed by atoms with E-state index in [-0.39, 0.29) is 11.5 Å². The number of hydrogen-bond donors (Lipinski definition) is 2. The number of anilines is 1. The number of carbonyl (C=O) groups is 2. The Morgan fingerprint density at radius 3 is 2.52 bits per heavy atom. The van der Waals surface area contributed by atoms with E-state index in [1.54, 1.807) is 0 Å².